The van der Waals surface area contributed by atoms with Crippen molar-refractivity contribution in [1.82, 2.24) is 6.15 Å². The zero-order valence-corrected chi connectivity index (χ0v) is 13.8. The van der Waals surface area contributed by atoms with Crippen LogP contribution in [0.25, 0.3) is 0 Å². The molecule has 23 heteroatoms. The fraction of sp³-hybridized carbons (Fsp3) is 1.00. The summed E-state index contributed by atoms with van der Waals surface area (Å²) in [5.74, 6) is -70.9. The standard InChI is InChI=1S/C10HF21O.N/c11-1(12,3(15,16)5(19,20)7(23,24)9(27,28)29)2(13,14)4(17,18)6(21,22)8(25,26)10(30,31)32;/h32H;. The highest BCUT2D eigenvalue weighted by Crippen LogP contribution is 2.65. The molecule has 199 valence electrons. The van der Waals surface area contributed by atoms with Gasteiger partial charge in [0.2, 0.25) is 0 Å². The van der Waals surface area contributed by atoms with Gasteiger partial charge in [-0.25, -0.2) is 0 Å². The summed E-state index contributed by atoms with van der Waals surface area (Å²) in [7, 11) is 0. The first-order valence-electron chi connectivity index (χ1n) is 6.44. The van der Waals surface area contributed by atoms with Gasteiger partial charge in [0, 0.05) is 6.15 Å². The average Bonchev–Trinajstić information content (AvgIpc) is 2.51. The minimum Gasteiger partial charge on any atom is -0.331 e. The van der Waals surface area contributed by atoms with Crippen molar-refractivity contribution in [2.24, 2.45) is 0 Å². The molecule has 3 radical (unpaired) electrons. The van der Waals surface area contributed by atoms with E-state index in [9.17, 15) is 92.2 Å². The van der Waals surface area contributed by atoms with Gasteiger partial charge < -0.3 is 5.11 Å². The van der Waals surface area contributed by atoms with Gasteiger partial charge in [0.25, 0.3) is 0 Å². The highest BCUT2D eigenvalue weighted by molar-refractivity contribution is 5.17. The van der Waals surface area contributed by atoms with Crippen LogP contribution in [0.15, 0.2) is 0 Å². The van der Waals surface area contributed by atoms with Crippen molar-refractivity contribution in [3.63, 3.8) is 0 Å². The second kappa shape index (κ2) is 7.73. The lowest BCUT2D eigenvalue weighted by atomic mass is 9.87. The Morgan fingerprint density at radius 1 is 0.273 bits per heavy atom. The molecule has 0 aliphatic heterocycles. The lowest BCUT2D eigenvalue weighted by Crippen LogP contribution is -2.76. The second-order valence-electron chi connectivity index (χ2n) is 5.63. The summed E-state index contributed by atoms with van der Waals surface area (Å²) in [4.78, 5) is 0. The number of aliphatic hydroxyl groups is 1. The Morgan fingerprint density at radius 3 is 0.576 bits per heavy atom. The van der Waals surface area contributed by atoms with Gasteiger partial charge in [-0.05, 0) is 0 Å². The SMILES string of the molecule is OC(F)(F)C(F)(F)C(F)(F)C(F)(F)C(F)(F)C(F)(F)C(F)(F)C(F)(F)C(F)(F)C(F)(F)F.[N]. The van der Waals surface area contributed by atoms with Gasteiger partial charge in [0.1, 0.15) is 0 Å². The van der Waals surface area contributed by atoms with E-state index in [-0.39, 0.29) is 6.15 Å². The van der Waals surface area contributed by atoms with Gasteiger partial charge in [-0.2, -0.15) is 92.2 Å². The van der Waals surface area contributed by atoms with E-state index in [2.05, 4.69) is 0 Å². The van der Waals surface area contributed by atoms with Crippen molar-refractivity contribution in [3.8, 4) is 0 Å². The molecule has 1 N–H and O–H groups in total. The van der Waals surface area contributed by atoms with E-state index in [1.807, 2.05) is 0 Å². The Kier molecular flexibility index (Phi) is 7.88. The Balaban J connectivity index is 0. The molecular formula is C10HF21NO. The molecule has 0 aromatic heterocycles. The summed E-state index contributed by atoms with van der Waals surface area (Å²) < 4.78 is 266. The van der Waals surface area contributed by atoms with Gasteiger partial charge >= 0.3 is 59.7 Å². The van der Waals surface area contributed by atoms with Gasteiger partial charge in [-0.15, -0.1) is 0 Å². The van der Waals surface area contributed by atoms with Crippen LogP contribution in [0.4, 0.5) is 92.2 Å². The fourth-order valence-electron chi connectivity index (χ4n) is 1.55. The number of halogens is 21. The van der Waals surface area contributed by atoms with Crippen LogP contribution in [0.5, 0.6) is 0 Å². The van der Waals surface area contributed by atoms with Crippen molar-refractivity contribution >= 4 is 0 Å². The molecule has 0 saturated carbocycles. The van der Waals surface area contributed by atoms with E-state index in [0.29, 0.717) is 0 Å². The molecule has 0 rings (SSSR count). The van der Waals surface area contributed by atoms with E-state index in [1.54, 1.807) is 0 Å². The second-order valence-corrected chi connectivity index (χ2v) is 5.63. The highest BCUT2D eigenvalue weighted by atomic mass is 19.4. The normalized spacial score (nSPS) is 16.5. The van der Waals surface area contributed by atoms with Gasteiger partial charge in [-0.3, -0.25) is 0 Å². The maximum Gasteiger partial charge on any atom is 0.460 e. The molecule has 0 saturated heterocycles. The van der Waals surface area contributed by atoms with Crippen LogP contribution < -0.4 is 6.15 Å². The highest BCUT2D eigenvalue weighted by Gasteiger charge is 2.97. The molecule has 0 bridgehead atoms. The first kappa shape index (κ1) is 33.6. The van der Waals surface area contributed by atoms with Gasteiger partial charge in [-0.1, -0.05) is 0 Å². The monoisotopic (exact) mass is 550 g/mol. The van der Waals surface area contributed by atoms with Crippen LogP contribution in [-0.2, 0) is 0 Å². The molecule has 2 nitrogen and oxygen atoms in total. The summed E-state index contributed by atoms with van der Waals surface area (Å²) in [5.41, 5.74) is 0. The van der Waals surface area contributed by atoms with Crippen LogP contribution in [0, 0.1) is 0 Å². The Labute approximate surface area is 164 Å². The van der Waals surface area contributed by atoms with Crippen molar-refractivity contribution in [1.29, 1.82) is 0 Å². The maximum absolute atomic E-state index is 13.1. The van der Waals surface area contributed by atoms with Crippen LogP contribution in [0.3, 0.4) is 0 Å². The van der Waals surface area contributed by atoms with E-state index >= 15 is 0 Å². The molecule has 33 heavy (non-hydrogen) atoms. The predicted octanol–water partition coefficient (Wildman–Crippen LogP) is 5.74. The van der Waals surface area contributed by atoms with Gasteiger partial charge in [0.15, 0.2) is 0 Å². The van der Waals surface area contributed by atoms with Crippen LogP contribution in [0.1, 0.15) is 0 Å². The molecule has 0 aliphatic carbocycles. The maximum atomic E-state index is 13.1. The zero-order chi connectivity index (χ0) is 27.0. The van der Waals surface area contributed by atoms with E-state index in [4.69, 9.17) is 5.11 Å². The van der Waals surface area contributed by atoms with Crippen molar-refractivity contribution in [2.45, 2.75) is 59.7 Å². The Hall–Kier alpha value is -1.55. The summed E-state index contributed by atoms with van der Waals surface area (Å²) in [6.07, 6.45) is -15.5. The summed E-state index contributed by atoms with van der Waals surface area (Å²) >= 11 is 0. The molecule has 0 atom stereocenters. The molecule has 0 unspecified atom stereocenters. The smallest absolute Gasteiger partial charge is 0.331 e. The zero-order valence-electron chi connectivity index (χ0n) is 13.8. The molecule has 0 spiro atoms. The Morgan fingerprint density at radius 2 is 0.424 bits per heavy atom. The number of hydrogen-bond acceptors (Lipinski definition) is 1. The largest absolute Gasteiger partial charge is 0.460 e. The lowest BCUT2D eigenvalue weighted by Gasteiger charge is -2.44. The third-order valence-corrected chi connectivity index (χ3v) is 3.49. The molecular weight excluding hydrogens is 549 g/mol. The van der Waals surface area contributed by atoms with Gasteiger partial charge in [0.05, 0.1) is 0 Å². The molecule has 0 heterocycles. The van der Waals surface area contributed by atoms with Crippen molar-refractivity contribution in [2.75, 3.05) is 0 Å². The molecule has 0 aromatic rings. The van der Waals surface area contributed by atoms with Crippen LogP contribution in [-0.4, -0.2) is 64.8 Å². The fourth-order valence-corrected chi connectivity index (χ4v) is 1.55. The van der Waals surface area contributed by atoms with E-state index in [1.165, 1.54) is 0 Å². The summed E-state index contributed by atoms with van der Waals surface area (Å²) in [5, 5.41) is 7.38. The third-order valence-electron chi connectivity index (χ3n) is 3.49. The minimum atomic E-state index is -9.20. The van der Waals surface area contributed by atoms with Crippen molar-refractivity contribution < 1.29 is 97.3 Å². The van der Waals surface area contributed by atoms with Crippen LogP contribution >= 0.6 is 0 Å². The first-order chi connectivity index (χ1) is 13.2. The molecule has 0 amide bonds. The minimum absolute atomic E-state index is 0. The summed E-state index contributed by atoms with van der Waals surface area (Å²) in [6.45, 7) is 0. The summed E-state index contributed by atoms with van der Waals surface area (Å²) in [6, 6.07) is 0. The number of hydrogen-bond donors (Lipinski definition) is 1. The van der Waals surface area contributed by atoms with E-state index < -0.39 is 59.7 Å². The number of alkyl halides is 21. The first-order valence-corrected chi connectivity index (χ1v) is 6.44. The quantitative estimate of drug-likeness (QED) is 0.386. The molecule has 0 aliphatic rings. The third kappa shape index (κ3) is 3.90. The number of rotatable bonds is 8. The van der Waals surface area contributed by atoms with Crippen LogP contribution in [0.2, 0.25) is 0 Å². The predicted molar refractivity (Wildman–Crippen MR) is 54.9 cm³/mol. The Bertz CT molecular complexity index is 639. The average molecular weight is 550 g/mol. The lowest BCUT2D eigenvalue weighted by molar-refractivity contribution is -0.482. The number of nitrogens with zero attached hydrogens (tertiary/aromatic N) is 1. The topological polar surface area (TPSA) is 50.7 Å². The van der Waals surface area contributed by atoms with E-state index in [0.717, 1.165) is 0 Å². The van der Waals surface area contributed by atoms with Crippen molar-refractivity contribution in [3.05, 3.63) is 0 Å². The molecule has 0 aromatic carbocycles. The molecule has 0 fully saturated rings.